The minimum absolute atomic E-state index is 0.540. The van der Waals surface area contributed by atoms with E-state index in [0.717, 1.165) is 25.9 Å². The minimum atomic E-state index is 0.540. The van der Waals surface area contributed by atoms with Crippen molar-refractivity contribution in [1.82, 2.24) is 4.90 Å². The molecule has 64 valence electrons. The molecule has 1 saturated heterocycles. The summed E-state index contributed by atoms with van der Waals surface area (Å²) in [6.07, 6.45) is 2.31. The normalized spacial score (nSPS) is 21.5. The van der Waals surface area contributed by atoms with Crippen molar-refractivity contribution in [1.29, 1.82) is 0 Å². The Labute approximate surface area is 67.3 Å². The number of ether oxygens (including phenoxy) is 1. The van der Waals surface area contributed by atoms with Crippen molar-refractivity contribution in [3.63, 3.8) is 0 Å². The SMILES string of the molecule is CN1CCC(COC=O)CC1. The molecule has 0 radical (unpaired) electrons. The molecule has 1 heterocycles. The van der Waals surface area contributed by atoms with E-state index in [1.807, 2.05) is 0 Å². The lowest BCUT2D eigenvalue weighted by atomic mass is 9.98. The molecule has 1 aliphatic heterocycles. The lowest BCUT2D eigenvalue weighted by Gasteiger charge is -2.27. The van der Waals surface area contributed by atoms with Crippen LogP contribution in [0.5, 0.6) is 0 Å². The third-order valence-electron chi connectivity index (χ3n) is 2.24. The van der Waals surface area contributed by atoms with E-state index in [4.69, 9.17) is 4.74 Å². The first-order valence-corrected chi connectivity index (χ1v) is 4.06. The molecule has 0 spiro atoms. The van der Waals surface area contributed by atoms with Crippen LogP contribution in [0, 0.1) is 5.92 Å². The Balaban J connectivity index is 2.12. The van der Waals surface area contributed by atoms with Gasteiger partial charge in [0.1, 0.15) is 0 Å². The van der Waals surface area contributed by atoms with Gasteiger partial charge in [-0.3, -0.25) is 4.79 Å². The molecule has 1 aliphatic rings. The number of likely N-dealkylation sites (tertiary alicyclic amines) is 1. The smallest absolute Gasteiger partial charge is 0.293 e. The van der Waals surface area contributed by atoms with Crippen LogP contribution in [0.1, 0.15) is 12.8 Å². The lowest BCUT2D eigenvalue weighted by molar-refractivity contribution is -0.130. The van der Waals surface area contributed by atoms with Gasteiger partial charge in [0.15, 0.2) is 0 Å². The molecule has 0 aliphatic carbocycles. The Kier molecular flexibility index (Phi) is 3.36. The van der Waals surface area contributed by atoms with Crippen molar-refractivity contribution in [3.8, 4) is 0 Å². The topological polar surface area (TPSA) is 29.5 Å². The fourth-order valence-electron chi connectivity index (χ4n) is 1.40. The van der Waals surface area contributed by atoms with Crippen LogP contribution in [0.3, 0.4) is 0 Å². The first-order valence-electron chi connectivity index (χ1n) is 4.06. The van der Waals surface area contributed by atoms with Crippen molar-refractivity contribution in [2.75, 3.05) is 26.7 Å². The van der Waals surface area contributed by atoms with Gasteiger partial charge in [-0.05, 0) is 38.9 Å². The quantitative estimate of drug-likeness (QED) is 0.559. The standard InChI is InChI=1S/C8H15NO2/c1-9-4-2-8(3-5-9)6-11-7-10/h7-8H,2-6H2,1H3. The van der Waals surface area contributed by atoms with E-state index in [-0.39, 0.29) is 0 Å². The Morgan fingerprint density at radius 1 is 1.55 bits per heavy atom. The lowest BCUT2D eigenvalue weighted by Crippen LogP contribution is -2.31. The number of rotatable bonds is 3. The highest BCUT2D eigenvalue weighted by molar-refractivity contribution is 5.36. The number of hydrogen-bond acceptors (Lipinski definition) is 3. The van der Waals surface area contributed by atoms with E-state index in [0.29, 0.717) is 19.0 Å². The summed E-state index contributed by atoms with van der Waals surface area (Å²) in [5, 5.41) is 0. The van der Waals surface area contributed by atoms with Gasteiger partial charge in [-0.15, -0.1) is 0 Å². The molecule has 11 heavy (non-hydrogen) atoms. The maximum Gasteiger partial charge on any atom is 0.293 e. The van der Waals surface area contributed by atoms with E-state index in [9.17, 15) is 4.79 Å². The molecule has 0 unspecified atom stereocenters. The zero-order valence-electron chi connectivity index (χ0n) is 6.95. The van der Waals surface area contributed by atoms with Crippen molar-refractivity contribution < 1.29 is 9.53 Å². The van der Waals surface area contributed by atoms with Gasteiger partial charge < -0.3 is 9.64 Å². The Hall–Kier alpha value is -0.570. The zero-order chi connectivity index (χ0) is 8.10. The molecule has 0 saturated carbocycles. The fourth-order valence-corrected chi connectivity index (χ4v) is 1.40. The molecule has 1 rings (SSSR count). The summed E-state index contributed by atoms with van der Waals surface area (Å²) in [4.78, 5) is 12.2. The molecule has 0 aromatic heterocycles. The van der Waals surface area contributed by atoms with Crippen molar-refractivity contribution in [2.24, 2.45) is 5.92 Å². The molecule has 0 amide bonds. The second-order valence-electron chi connectivity index (χ2n) is 3.18. The van der Waals surface area contributed by atoms with Gasteiger partial charge in [-0.1, -0.05) is 0 Å². The first-order chi connectivity index (χ1) is 5.33. The van der Waals surface area contributed by atoms with Crippen LogP contribution in [-0.2, 0) is 9.53 Å². The predicted molar refractivity (Wildman–Crippen MR) is 42.2 cm³/mol. The molecular formula is C8H15NO2. The van der Waals surface area contributed by atoms with Crippen LogP contribution in [0.15, 0.2) is 0 Å². The molecular weight excluding hydrogens is 142 g/mol. The highest BCUT2D eigenvalue weighted by atomic mass is 16.5. The zero-order valence-corrected chi connectivity index (χ0v) is 6.95. The summed E-state index contributed by atoms with van der Waals surface area (Å²) in [5.74, 6) is 0.594. The number of carbonyl (C=O) groups excluding carboxylic acids is 1. The molecule has 1 fully saturated rings. The molecule has 3 nitrogen and oxygen atoms in total. The van der Waals surface area contributed by atoms with Crippen LogP contribution in [0.4, 0.5) is 0 Å². The van der Waals surface area contributed by atoms with Crippen molar-refractivity contribution in [2.45, 2.75) is 12.8 Å². The largest absolute Gasteiger partial charge is 0.468 e. The average molecular weight is 157 g/mol. The Bertz CT molecular complexity index is 119. The minimum Gasteiger partial charge on any atom is -0.468 e. The van der Waals surface area contributed by atoms with Crippen LogP contribution in [0.2, 0.25) is 0 Å². The second kappa shape index (κ2) is 4.34. The van der Waals surface area contributed by atoms with Crippen LogP contribution in [0.25, 0.3) is 0 Å². The van der Waals surface area contributed by atoms with Crippen LogP contribution >= 0.6 is 0 Å². The molecule has 0 bridgehead atoms. The van der Waals surface area contributed by atoms with E-state index < -0.39 is 0 Å². The summed E-state index contributed by atoms with van der Waals surface area (Å²) in [5.41, 5.74) is 0. The summed E-state index contributed by atoms with van der Waals surface area (Å²) < 4.78 is 4.71. The summed E-state index contributed by atoms with van der Waals surface area (Å²) >= 11 is 0. The second-order valence-corrected chi connectivity index (χ2v) is 3.18. The maximum atomic E-state index is 9.88. The van der Waals surface area contributed by atoms with Gasteiger partial charge in [-0.2, -0.15) is 0 Å². The number of carbonyl (C=O) groups is 1. The van der Waals surface area contributed by atoms with Gasteiger partial charge in [0, 0.05) is 0 Å². The van der Waals surface area contributed by atoms with E-state index in [2.05, 4.69) is 11.9 Å². The maximum absolute atomic E-state index is 9.88. The number of nitrogens with zero attached hydrogens (tertiary/aromatic N) is 1. The van der Waals surface area contributed by atoms with Gasteiger partial charge in [-0.25, -0.2) is 0 Å². The van der Waals surface area contributed by atoms with Crippen LogP contribution in [-0.4, -0.2) is 38.1 Å². The average Bonchev–Trinajstić information content (AvgIpc) is 2.04. The monoisotopic (exact) mass is 157 g/mol. The highest BCUT2D eigenvalue weighted by Crippen LogP contribution is 2.15. The number of piperidine rings is 1. The first kappa shape index (κ1) is 8.53. The van der Waals surface area contributed by atoms with Crippen molar-refractivity contribution >= 4 is 6.47 Å². The van der Waals surface area contributed by atoms with Gasteiger partial charge in [0.05, 0.1) is 6.61 Å². The van der Waals surface area contributed by atoms with Gasteiger partial charge in [0.2, 0.25) is 0 Å². The third kappa shape index (κ3) is 2.89. The Morgan fingerprint density at radius 3 is 2.73 bits per heavy atom. The molecule has 0 aromatic rings. The third-order valence-corrected chi connectivity index (χ3v) is 2.24. The summed E-state index contributed by atoms with van der Waals surface area (Å²) in [6.45, 7) is 3.41. The van der Waals surface area contributed by atoms with Crippen molar-refractivity contribution in [3.05, 3.63) is 0 Å². The fraction of sp³-hybridized carbons (Fsp3) is 0.875. The predicted octanol–water partition coefficient (Wildman–Crippen LogP) is 0.501. The molecule has 0 N–H and O–H groups in total. The molecule has 0 atom stereocenters. The highest BCUT2D eigenvalue weighted by Gasteiger charge is 2.16. The summed E-state index contributed by atoms with van der Waals surface area (Å²) in [7, 11) is 2.12. The van der Waals surface area contributed by atoms with E-state index in [1.165, 1.54) is 0 Å². The van der Waals surface area contributed by atoms with E-state index in [1.54, 1.807) is 0 Å². The molecule has 0 aromatic carbocycles. The van der Waals surface area contributed by atoms with Gasteiger partial charge in [0.25, 0.3) is 6.47 Å². The van der Waals surface area contributed by atoms with Crippen LogP contribution < -0.4 is 0 Å². The number of hydrogen-bond donors (Lipinski definition) is 0. The van der Waals surface area contributed by atoms with Gasteiger partial charge >= 0.3 is 0 Å². The summed E-state index contributed by atoms with van der Waals surface area (Å²) in [6, 6.07) is 0. The molecule has 3 heteroatoms. The van der Waals surface area contributed by atoms with E-state index >= 15 is 0 Å². The Morgan fingerprint density at radius 2 is 2.18 bits per heavy atom.